The number of aromatic nitrogens is 2. The molecular weight excluding hydrogens is 304 g/mol. The monoisotopic (exact) mass is 313 g/mol. The number of aromatic carboxylic acids is 1. The smallest absolute Gasteiger partial charge is 0.359 e. The third-order valence-corrected chi connectivity index (χ3v) is 3.48. The molecule has 1 aliphatic rings. The van der Waals surface area contributed by atoms with Gasteiger partial charge in [0, 0.05) is 18.2 Å². The summed E-state index contributed by atoms with van der Waals surface area (Å²) in [7, 11) is 0. The van der Waals surface area contributed by atoms with Gasteiger partial charge in [0.25, 0.3) is 0 Å². The summed E-state index contributed by atoms with van der Waals surface area (Å²) in [5, 5.41) is 8.95. The summed E-state index contributed by atoms with van der Waals surface area (Å²) in [6.07, 6.45) is -0.283. The lowest BCUT2D eigenvalue weighted by atomic mass is 10.1. The van der Waals surface area contributed by atoms with Gasteiger partial charge in [-0.15, -0.1) is 0 Å². The van der Waals surface area contributed by atoms with Crippen molar-refractivity contribution < 1.29 is 23.4 Å². The number of hydrogen-bond donors (Lipinski definition) is 1. The summed E-state index contributed by atoms with van der Waals surface area (Å²) < 4.78 is 39.1. The first-order chi connectivity index (χ1) is 10.0. The molecule has 2 aromatic rings. The Morgan fingerprint density at radius 2 is 1.95 bits per heavy atom. The third-order valence-electron chi connectivity index (χ3n) is 2.96. The molecule has 1 saturated heterocycles. The first-order valence-electron chi connectivity index (χ1n) is 5.96. The predicted octanol–water partition coefficient (Wildman–Crippen LogP) is 1.78. The highest BCUT2D eigenvalue weighted by Gasteiger charge is 2.33. The summed E-state index contributed by atoms with van der Waals surface area (Å²) in [6.45, 7) is 0.758. The molecule has 0 unspecified atom stereocenters. The van der Waals surface area contributed by atoms with Gasteiger partial charge in [0.15, 0.2) is 5.82 Å². The maximum absolute atomic E-state index is 13.0. The molecule has 0 amide bonds. The second kappa shape index (κ2) is 5.24. The molecule has 3 rings (SSSR count). The maximum Gasteiger partial charge on any atom is 0.359 e. The Balaban J connectivity index is 1.63. The summed E-state index contributed by atoms with van der Waals surface area (Å²) >= 11 is 0.819. The fraction of sp³-hybridized carbons (Fsp3) is 0.250. The van der Waals surface area contributed by atoms with Crippen molar-refractivity contribution in [2.24, 2.45) is 0 Å². The molecular formula is C12H9F2N3O3S. The fourth-order valence-electron chi connectivity index (χ4n) is 2.00. The van der Waals surface area contributed by atoms with Crippen molar-refractivity contribution in [1.29, 1.82) is 0 Å². The highest BCUT2D eigenvalue weighted by Crippen LogP contribution is 2.26. The summed E-state index contributed by atoms with van der Waals surface area (Å²) in [6, 6.07) is 2.96. The zero-order chi connectivity index (χ0) is 15.0. The molecule has 0 saturated carbocycles. The van der Waals surface area contributed by atoms with Crippen LogP contribution >= 0.6 is 11.7 Å². The van der Waals surface area contributed by atoms with E-state index >= 15 is 0 Å². The van der Waals surface area contributed by atoms with E-state index in [1.54, 1.807) is 4.90 Å². The largest absolute Gasteiger partial charge is 0.487 e. The highest BCUT2D eigenvalue weighted by molar-refractivity contribution is 6.99. The van der Waals surface area contributed by atoms with Crippen molar-refractivity contribution in [3.63, 3.8) is 0 Å². The van der Waals surface area contributed by atoms with Crippen molar-refractivity contribution in [3.8, 4) is 5.75 Å². The van der Waals surface area contributed by atoms with Gasteiger partial charge >= 0.3 is 5.97 Å². The van der Waals surface area contributed by atoms with Crippen LogP contribution in [-0.2, 0) is 0 Å². The Bertz CT molecular complexity index is 668. The minimum atomic E-state index is -1.14. The molecule has 1 aromatic carbocycles. The van der Waals surface area contributed by atoms with Gasteiger partial charge in [0.05, 0.1) is 24.8 Å². The van der Waals surface area contributed by atoms with E-state index in [4.69, 9.17) is 9.84 Å². The average Bonchev–Trinajstić information content (AvgIpc) is 2.80. The van der Waals surface area contributed by atoms with Crippen LogP contribution in [0.4, 0.5) is 14.6 Å². The third kappa shape index (κ3) is 2.77. The number of carboxylic acid groups (broad SMARTS) is 1. The van der Waals surface area contributed by atoms with Crippen LogP contribution in [0.25, 0.3) is 0 Å². The van der Waals surface area contributed by atoms with Crippen molar-refractivity contribution >= 4 is 23.5 Å². The Morgan fingerprint density at radius 3 is 2.57 bits per heavy atom. The van der Waals surface area contributed by atoms with E-state index < -0.39 is 17.6 Å². The number of carboxylic acids is 1. The molecule has 1 aromatic heterocycles. The second-order valence-corrected chi connectivity index (χ2v) is 5.02. The second-order valence-electron chi connectivity index (χ2n) is 4.49. The van der Waals surface area contributed by atoms with Crippen molar-refractivity contribution in [2.45, 2.75) is 6.10 Å². The van der Waals surface area contributed by atoms with Crippen molar-refractivity contribution in [1.82, 2.24) is 8.75 Å². The van der Waals surface area contributed by atoms with Gasteiger partial charge in [-0.25, -0.2) is 13.6 Å². The van der Waals surface area contributed by atoms with Gasteiger partial charge < -0.3 is 14.7 Å². The first kappa shape index (κ1) is 13.7. The fourth-order valence-corrected chi connectivity index (χ4v) is 2.56. The lowest BCUT2D eigenvalue weighted by Gasteiger charge is -2.39. The minimum absolute atomic E-state index is 0.102. The van der Waals surface area contributed by atoms with Gasteiger partial charge in [0.1, 0.15) is 23.5 Å². The summed E-state index contributed by atoms with van der Waals surface area (Å²) in [5.74, 6) is -2.17. The number of halogens is 2. The van der Waals surface area contributed by atoms with Crippen LogP contribution in [0, 0.1) is 11.6 Å². The zero-order valence-electron chi connectivity index (χ0n) is 10.5. The number of nitrogens with zero attached hydrogens (tertiary/aromatic N) is 3. The average molecular weight is 313 g/mol. The number of rotatable bonds is 4. The van der Waals surface area contributed by atoms with Gasteiger partial charge in [-0.1, -0.05) is 0 Å². The molecule has 0 aliphatic carbocycles. The first-order valence-corrected chi connectivity index (χ1v) is 6.69. The minimum Gasteiger partial charge on any atom is -0.487 e. The SMILES string of the molecule is O=C(O)c1nsnc1N1CC(Oc2cc(F)cc(F)c2)C1. The van der Waals surface area contributed by atoms with Crippen LogP contribution in [0.2, 0.25) is 0 Å². The number of anilines is 1. The summed E-state index contributed by atoms with van der Waals surface area (Å²) in [5.41, 5.74) is -0.102. The molecule has 2 heterocycles. The highest BCUT2D eigenvalue weighted by atomic mass is 32.1. The molecule has 21 heavy (non-hydrogen) atoms. The lowest BCUT2D eigenvalue weighted by molar-refractivity contribution is 0.0691. The van der Waals surface area contributed by atoms with Gasteiger partial charge in [-0.05, 0) is 0 Å². The van der Waals surface area contributed by atoms with Crippen LogP contribution in [0.1, 0.15) is 10.5 Å². The molecule has 0 spiro atoms. The zero-order valence-corrected chi connectivity index (χ0v) is 11.3. The molecule has 0 bridgehead atoms. The van der Waals surface area contributed by atoms with Gasteiger partial charge in [0.2, 0.25) is 5.69 Å². The van der Waals surface area contributed by atoms with Crippen LogP contribution in [-0.4, -0.2) is 39.0 Å². The van der Waals surface area contributed by atoms with E-state index in [1.165, 1.54) is 0 Å². The van der Waals surface area contributed by atoms with Crippen LogP contribution in [0.3, 0.4) is 0 Å². The number of ether oxygens (including phenoxy) is 1. The molecule has 9 heteroatoms. The Morgan fingerprint density at radius 1 is 1.29 bits per heavy atom. The van der Waals surface area contributed by atoms with Crippen LogP contribution in [0.15, 0.2) is 18.2 Å². The quantitative estimate of drug-likeness (QED) is 0.927. The van der Waals surface area contributed by atoms with E-state index in [2.05, 4.69) is 8.75 Å². The molecule has 1 fully saturated rings. The van der Waals surface area contributed by atoms with Crippen molar-refractivity contribution in [2.75, 3.05) is 18.0 Å². The lowest BCUT2D eigenvalue weighted by Crippen LogP contribution is -2.54. The van der Waals surface area contributed by atoms with E-state index in [0.29, 0.717) is 13.1 Å². The predicted molar refractivity (Wildman–Crippen MR) is 69.9 cm³/mol. The molecule has 110 valence electrons. The Kier molecular flexibility index (Phi) is 3.42. The molecule has 1 N–H and O–H groups in total. The van der Waals surface area contributed by atoms with Gasteiger partial charge in [-0.3, -0.25) is 0 Å². The van der Waals surface area contributed by atoms with Gasteiger partial charge in [-0.2, -0.15) is 8.75 Å². The van der Waals surface area contributed by atoms with Crippen LogP contribution in [0.5, 0.6) is 5.75 Å². The molecule has 0 atom stereocenters. The number of benzene rings is 1. The maximum atomic E-state index is 13.0. The summed E-state index contributed by atoms with van der Waals surface area (Å²) in [4.78, 5) is 12.6. The Hall–Kier alpha value is -2.29. The van der Waals surface area contributed by atoms with E-state index in [-0.39, 0.29) is 23.4 Å². The van der Waals surface area contributed by atoms with E-state index in [9.17, 15) is 13.6 Å². The molecule has 0 radical (unpaired) electrons. The van der Waals surface area contributed by atoms with E-state index in [1.807, 2.05) is 0 Å². The standard InChI is InChI=1S/C12H9F2N3O3S/c13-6-1-7(14)3-8(2-6)20-9-4-17(5-9)11-10(12(18)19)15-21-16-11/h1-3,9H,4-5H2,(H,18,19). The number of hydrogen-bond acceptors (Lipinski definition) is 6. The topological polar surface area (TPSA) is 75.5 Å². The normalized spacial score (nSPS) is 14.9. The van der Waals surface area contributed by atoms with E-state index in [0.717, 1.165) is 29.9 Å². The van der Waals surface area contributed by atoms with Crippen LogP contribution < -0.4 is 9.64 Å². The van der Waals surface area contributed by atoms with Crippen molar-refractivity contribution in [3.05, 3.63) is 35.5 Å². The molecule has 1 aliphatic heterocycles. The Labute approximate surface area is 121 Å². The molecule has 6 nitrogen and oxygen atoms in total. The number of carbonyl (C=O) groups is 1.